The van der Waals surface area contributed by atoms with E-state index in [0.29, 0.717) is 11.8 Å². The molecule has 1 atom stereocenters. The number of aryl methyl sites for hydroxylation is 2. The lowest BCUT2D eigenvalue weighted by Crippen LogP contribution is -2.72. The van der Waals surface area contributed by atoms with Crippen LogP contribution in [0.5, 0.6) is 0 Å². The number of para-hydroxylation sites is 4. The van der Waals surface area contributed by atoms with Crippen LogP contribution in [0.15, 0.2) is 114 Å². The molecule has 0 fully saturated rings. The molecule has 5 aromatic carbocycles. The minimum atomic E-state index is -1.80. The van der Waals surface area contributed by atoms with Crippen LogP contribution in [0, 0.1) is 13.8 Å². The van der Waals surface area contributed by atoms with Gasteiger partial charge in [-0.25, -0.2) is 0 Å². The van der Waals surface area contributed by atoms with E-state index in [9.17, 15) is 0 Å². The maximum atomic E-state index is 7.04. The molecule has 0 N–H and O–H groups in total. The lowest BCUT2D eigenvalue weighted by atomic mass is 9.86. The standard InChI is InChI=1S/C48H47N3OSi/c1-28(2)32-21-22-35-38(25-32)48(49-27-43(53(7,8)9)36(29(3)4)26-41(35)49)37-24-23-34-33-17-10-13-20-42(33)52-46(34)44(37)47-50(45-30(5)15-14-16-31(45)6)39-18-11-12-19-40(39)51(47)48/h10-29H,1-9H3/q+2. The van der Waals surface area contributed by atoms with Crippen LogP contribution in [-0.2, 0) is 5.66 Å². The molecule has 3 aromatic heterocycles. The summed E-state index contributed by atoms with van der Waals surface area (Å²) in [4.78, 5) is 0. The fourth-order valence-electron chi connectivity index (χ4n) is 9.74. The Labute approximate surface area is 313 Å². The first-order valence-corrected chi connectivity index (χ1v) is 22.8. The van der Waals surface area contributed by atoms with Gasteiger partial charge < -0.3 is 4.42 Å². The highest BCUT2D eigenvalue weighted by molar-refractivity contribution is 6.89. The number of hydrogen-bond donors (Lipinski definition) is 0. The van der Waals surface area contributed by atoms with E-state index in [1.54, 1.807) is 0 Å². The minimum absolute atomic E-state index is 0.383. The van der Waals surface area contributed by atoms with E-state index in [1.807, 2.05) is 0 Å². The van der Waals surface area contributed by atoms with Gasteiger partial charge in [-0.2, -0.15) is 4.57 Å². The Hall–Kier alpha value is -5.26. The minimum Gasteiger partial charge on any atom is -0.455 e. The summed E-state index contributed by atoms with van der Waals surface area (Å²) in [5.74, 6) is 1.96. The molecule has 0 saturated carbocycles. The summed E-state index contributed by atoms with van der Waals surface area (Å²) in [6, 6.07) is 38.8. The molecule has 0 saturated heterocycles. The number of rotatable bonds is 4. The van der Waals surface area contributed by atoms with E-state index in [0.717, 1.165) is 27.8 Å². The average Bonchev–Trinajstić information content (AvgIpc) is 3.84. The van der Waals surface area contributed by atoms with Crippen molar-refractivity contribution in [2.45, 2.75) is 78.7 Å². The summed E-state index contributed by atoms with van der Waals surface area (Å²) in [6.45, 7) is 21.3. The Morgan fingerprint density at radius 3 is 2.19 bits per heavy atom. The smallest absolute Gasteiger partial charge is 0.364 e. The van der Waals surface area contributed by atoms with E-state index >= 15 is 0 Å². The SMILES string of the molecule is Cc1cccc(C)c1-n1c2[n+](c3ccccc31)C1(c3cc(C(C)C)ccc3-c3cc(C(C)C)c([Si](C)(C)C)c[n+]31)c1ccc3c(oc4ccccc43)c1-2. The molecule has 8 aromatic rings. The normalized spacial score (nSPS) is 16.1. The molecule has 0 bridgehead atoms. The molecule has 1 unspecified atom stereocenters. The molecular formula is C48H47N3OSi+2. The van der Waals surface area contributed by atoms with Crippen LogP contribution in [0.2, 0.25) is 19.6 Å². The third kappa shape index (κ3) is 4.12. The van der Waals surface area contributed by atoms with Gasteiger partial charge in [-0.1, -0.05) is 102 Å². The van der Waals surface area contributed by atoms with E-state index in [-0.39, 0.29) is 0 Å². The van der Waals surface area contributed by atoms with Gasteiger partial charge in [0, 0.05) is 22.0 Å². The zero-order valence-electron chi connectivity index (χ0n) is 32.3. The highest BCUT2D eigenvalue weighted by Crippen LogP contribution is 2.53. The third-order valence-corrected chi connectivity index (χ3v) is 14.2. The lowest BCUT2D eigenvalue weighted by molar-refractivity contribution is -0.944. The predicted molar refractivity (Wildman–Crippen MR) is 220 cm³/mol. The van der Waals surface area contributed by atoms with E-state index in [4.69, 9.17) is 4.42 Å². The van der Waals surface area contributed by atoms with Crippen molar-refractivity contribution in [1.82, 2.24) is 4.57 Å². The van der Waals surface area contributed by atoms with Crippen LogP contribution in [0.3, 0.4) is 0 Å². The summed E-state index contributed by atoms with van der Waals surface area (Å²) in [5, 5.41) is 3.82. The average molecular weight is 710 g/mol. The third-order valence-electron chi connectivity index (χ3n) is 12.2. The molecule has 0 aliphatic carbocycles. The summed E-state index contributed by atoms with van der Waals surface area (Å²) in [5.41, 5.74) is 16.5. The summed E-state index contributed by atoms with van der Waals surface area (Å²) in [6.07, 6.45) is 2.58. The molecule has 53 heavy (non-hydrogen) atoms. The number of imidazole rings is 1. The molecular weight excluding hydrogens is 663 g/mol. The zero-order valence-corrected chi connectivity index (χ0v) is 33.3. The Kier molecular flexibility index (Phi) is 6.66. The largest absolute Gasteiger partial charge is 0.455 e. The summed E-state index contributed by atoms with van der Waals surface area (Å²) < 4.78 is 14.9. The van der Waals surface area contributed by atoms with Gasteiger partial charge in [-0.3, -0.25) is 0 Å². The Morgan fingerprint density at radius 1 is 0.717 bits per heavy atom. The zero-order chi connectivity index (χ0) is 36.7. The lowest BCUT2D eigenvalue weighted by Gasteiger charge is -2.25. The molecule has 0 radical (unpaired) electrons. The van der Waals surface area contributed by atoms with Gasteiger partial charge in [0.15, 0.2) is 22.8 Å². The summed E-state index contributed by atoms with van der Waals surface area (Å²) >= 11 is 0. The maximum Gasteiger partial charge on any atom is 0.364 e. The van der Waals surface area contributed by atoms with Gasteiger partial charge in [0.05, 0.1) is 24.8 Å². The molecule has 5 heterocycles. The summed E-state index contributed by atoms with van der Waals surface area (Å²) in [7, 11) is -1.80. The monoisotopic (exact) mass is 709 g/mol. The second kappa shape index (κ2) is 10.9. The van der Waals surface area contributed by atoms with Crippen molar-refractivity contribution in [3.63, 3.8) is 0 Å². The molecule has 2 aliphatic heterocycles. The highest BCUT2D eigenvalue weighted by atomic mass is 28.3. The first-order chi connectivity index (χ1) is 25.4. The molecule has 1 spiro atoms. The number of hydrogen-bond acceptors (Lipinski definition) is 1. The van der Waals surface area contributed by atoms with Gasteiger partial charge in [0.2, 0.25) is 5.69 Å². The van der Waals surface area contributed by atoms with Gasteiger partial charge in [-0.05, 0) is 90.4 Å². The van der Waals surface area contributed by atoms with Crippen molar-refractivity contribution in [3.05, 3.63) is 143 Å². The number of fused-ring (bicyclic) bond motifs is 16. The van der Waals surface area contributed by atoms with Crippen molar-refractivity contribution in [2.24, 2.45) is 0 Å². The quantitative estimate of drug-likeness (QED) is 0.132. The fourth-order valence-corrected chi connectivity index (χ4v) is 11.5. The van der Waals surface area contributed by atoms with Crippen molar-refractivity contribution in [2.75, 3.05) is 0 Å². The molecule has 0 amide bonds. The van der Waals surface area contributed by atoms with Crippen molar-refractivity contribution in [1.29, 1.82) is 0 Å². The topological polar surface area (TPSA) is 25.8 Å². The Bertz CT molecular complexity index is 2840. The van der Waals surface area contributed by atoms with Crippen LogP contribution in [0.1, 0.15) is 72.9 Å². The number of aromatic nitrogens is 3. The molecule has 2 aliphatic rings. The number of pyridine rings is 1. The number of benzene rings is 5. The maximum absolute atomic E-state index is 7.04. The van der Waals surface area contributed by atoms with Crippen LogP contribution >= 0.6 is 0 Å². The molecule has 10 rings (SSSR count). The highest BCUT2D eigenvalue weighted by Gasteiger charge is 2.67. The van der Waals surface area contributed by atoms with Gasteiger partial charge in [-0.15, -0.1) is 9.13 Å². The van der Waals surface area contributed by atoms with Gasteiger partial charge in [0.25, 0.3) is 0 Å². The van der Waals surface area contributed by atoms with Crippen molar-refractivity contribution >= 4 is 46.2 Å². The van der Waals surface area contributed by atoms with Crippen LogP contribution in [0.4, 0.5) is 0 Å². The Balaban J connectivity index is 1.50. The molecule has 4 nitrogen and oxygen atoms in total. The van der Waals surface area contributed by atoms with Crippen molar-refractivity contribution in [3.8, 4) is 28.3 Å². The predicted octanol–water partition coefficient (Wildman–Crippen LogP) is 10.8. The van der Waals surface area contributed by atoms with Crippen LogP contribution in [-0.4, -0.2) is 12.6 Å². The van der Waals surface area contributed by atoms with Gasteiger partial charge in [0.1, 0.15) is 16.8 Å². The van der Waals surface area contributed by atoms with Crippen LogP contribution in [0.25, 0.3) is 61.3 Å². The second-order valence-electron chi connectivity index (χ2n) is 17.1. The van der Waals surface area contributed by atoms with Crippen molar-refractivity contribution < 1.29 is 13.6 Å². The number of furan rings is 1. The molecule has 5 heteroatoms. The first kappa shape index (κ1) is 32.4. The fraction of sp³-hybridized carbons (Fsp3) is 0.250. The molecule has 262 valence electrons. The second-order valence-corrected chi connectivity index (χ2v) is 22.2. The van der Waals surface area contributed by atoms with E-state index in [2.05, 4.69) is 184 Å². The van der Waals surface area contributed by atoms with Gasteiger partial charge >= 0.3 is 11.5 Å². The van der Waals surface area contributed by atoms with E-state index < -0.39 is 13.7 Å². The van der Waals surface area contributed by atoms with Crippen LogP contribution < -0.4 is 14.3 Å². The van der Waals surface area contributed by atoms with E-state index in [1.165, 1.54) is 72.1 Å². The first-order valence-electron chi connectivity index (χ1n) is 19.3. The number of nitrogens with zero attached hydrogens (tertiary/aromatic N) is 3. The Morgan fingerprint density at radius 2 is 1.45 bits per heavy atom.